The molecule has 1 saturated heterocycles. The van der Waals surface area contributed by atoms with Gasteiger partial charge in [0.15, 0.2) is 0 Å². The number of aromatic nitrogens is 2. The van der Waals surface area contributed by atoms with Crippen molar-refractivity contribution in [2.75, 3.05) is 13.2 Å². The highest BCUT2D eigenvalue weighted by molar-refractivity contribution is 5.94. The highest BCUT2D eigenvalue weighted by Crippen LogP contribution is 2.17. The fraction of sp³-hybridized carbons (Fsp3) is 0.444. The van der Waals surface area contributed by atoms with Crippen LogP contribution in [0.1, 0.15) is 34.5 Å². The Balaban J connectivity index is 1.54. The topological polar surface area (TPSA) is 65.4 Å². The largest absolute Gasteiger partial charge is 0.491 e. The highest BCUT2D eigenvalue weighted by Gasteiger charge is 2.16. The molecular formula is C18H23N3O3. The van der Waals surface area contributed by atoms with Crippen molar-refractivity contribution in [3.05, 3.63) is 47.3 Å². The number of rotatable bonds is 6. The van der Waals surface area contributed by atoms with Crippen LogP contribution in [0.15, 0.2) is 30.5 Å². The average Bonchev–Trinajstić information content (AvgIpc) is 3.22. The first-order chi connectivity index (χ1) is 11.6. The lowest BCUT2D eigenvalue weighted by Gasteiger charge is -2.12. The zero-order chi connectivity index (χ0) is 16.9. The van der Waals surface area contributed by atoms with Gasteiger partial charge in [0.05, 0.1) is 17.9 Å². The number of hydrogen-bond acceptors (Lipinski definition) is 4. The van der Waals surface area contributed by atoms with Crippen LogP contribution in [0, 0.1) is 6.92 Å². The van der Waals surface area contributed by atoms with Crippen LogP contribution in [0.2, 0.25) is 0 Å². The second-order valence-electron chi connectivity index (χ2n) is 6.04. The number of nitrogens with zero attached hydrogens (tertiary/aromatic N) is 2. The van der Waals surface area contributed by atoms with Crippen molar-refractivity contribution < 1.29 is 14.3 Å². The molecule has 0 saturated carbocycles. The minimum atomic E-state index is -0.119. The maximum absolute atomic E-state index is 12.2. The standard InChI is InChI=1S/C18H23N3O3/c1-13-17(11-20-21(13)2)18(22)19-10-14-5-3-6-15(9-14)24-12-16-7-4-8-23-16/h3,5-6,9,11,16H,4,7-8,10,12H2,1-2H3,(H,19,22). The Labute approximate surface area is 141 Å². The number of nitrogens with one attached hydrogen (secondary N) is 1. The Hall–Kier alpha value is -2.34. The molecule has 6 heteroatoms. The molecular weight excluding hydrogens is 306 g/mol. The van der Waals surface area contributed by atoms with Gasteiger partial charge in [0.25, 0.3) is 5.91 Å². The van der Waals surface area contributed by atoms with E-state index in [0.717, 1.165) is 36.5 Å². The molecule has 1 amide bonds. The summed E-state index contributed by atoms with van der Waals surface area (Å²) in [6.45, 7) is 3.73. The van der Waals surface area contributed by atoms with Crippen molar-refractivity contribution in [2.45, 2.75) is 32.4 Å². The summed E-state index contributed by atoms with van der Waals surface area (Å²) < 4.78 is 13.0. The van der Waals surface area contributed by atoms with Crippen LogP contribution >= 0.6 is 0 Å². The molecule has 0 radical (unpaired) electrons. The zero-order valence-corrected chi connectivity index (χ0v) is 14.1. The molecule has 1 aliphatic heterocycles. The van der Waals surface area contributed by atoms with E-state index >= 15 is 0 Å². The van der Waals surface area contributed by atoms with E-state index in [9.17, 15) is 4.79 Å². The molecule has 1 aromatic heterocycles. The van der Waals surface area contributed by atoms with Crippen molar-refractivity contribution in [3.8, 4) is 5.75 Å². The van der Waals surface area contributed by atoms with Gasteiger partial charge in [-0.25, -0.2) is 0 Å². The first-order valence-electron chi connectivity index (χ1n) is 8.23. The fourth-order valence-corrected chi connectivity index (χ4v) is 2.71. The zero-order valence-electron chi connectivity index (χ0n) is 14.1. The lowest BCUT2D eigenvalue weighted by molar-refractivity contribution is 0.0679. The summed E-state index contributed by atoms with van der Waals surface area (Å²) >= 11 is 0. The number of carbonyl (C=O) groups excluding carboxylic acids is 1. The van der Waals surface area contributed by atoms with Gasteiger partial charge in [-0.05, 0) is 37.5 Å². The van der Waals surface area contributed by atoms with Crippen LogP contribution in [0.25, 0.3) is 0 Å². The molecule has 1 aromatic carbocycles. The predicted molar refractivity (Wildman–Crippen MR) is 90.0 cm³/mol. The van der Waals surface area contributed by atoms with E-state index in [1.807, 2.05) is 38.2 Å². The minimum Gasteiger partial charge on any atom is -0.491 e. The summed E-state index contributed by atoms with van der Waals surface area (Å²) in [5, 5.41) is 7.01. The molecule has 128 valence electrons. The lowest BCUT2D eigenvalue weighted by atomic mass is 10.2. The molecule has 2 aromatic rings. The van der Waals surface area contributed by atoms with Gasteiger partial charge in [-0.3, -0.25) is 9.48 Å². The highest BCUT2D eigenvalue weighted by atomic mass is 16.5. The molecule has 3 rings (SSSR count). The van der Waals surface area contributed by atoms with Crippen LogP contribution in [0.3, 0.4) is 0 Å². The van der Waals surface area contributed by atoms with Crippen LogP contribution < -0.4 is 10.1 Å². The Morgan fingerprint density at radius 3 is 3.08 bits per heavy atom. The number of amides is 1. The van der Waals surface area contributed by atoms with Crippen LogP contribution in [0.4, 0.5) is 0 Å². The number of aryl methyl sites for hydroxylation is 1. The fourth-order valence-electron chi connectivity index (χ4n) is 2.71. The van der Waals surface area contributed by atoms with Gasteiger partial charge in [0, 0.05) is 25.9 Å². The van der Waals surface area contributed by atoms with Crippen molar-refractivity contribution >= 4 is 5.91 Å². The SMILES string of the molecule is Cc1c(C(=O)NCc2cccc(OCC3CCCO3)c2)cnn1C. The third-order valence-corrected chi connectivity index (χ3v) is 4.29. The molecule has 2 heterocycles. The van der Waals surface area contributed by atoms with E-state index < -0.39 is 0 Å². The molecule has 1 aliphatic rings. The second kappa shape index (κ2) is 7.49. The Bertz CT molecular complexity index is 705. The van der Waals surface area contributed by atoms with E-state index in [4.69, 9.17) is 9.47 Å². The van der Waals surface area contributed by atoms with Crippen molar-refractivity contribution in [2.24, 2.45) is 7.05 Å². The Morgan fingerprint density at radius 1 is 1.50 bits per heavy atom. The van der Waals surface area contributed by atoms with E-state index in [1.165, 1.54) is 0 Å². The van der Waals surface area contributed by atoms with E-state index in [0.29, 0.717) is 18.7 Å². The first kappa shape index (κ1) is 16.5. The average molecular weight is 329 g/mol. The molecule has 0 aliphatic carbocycles. The van der Waals surface area contributed by atoms with Gasteiger partial charge in [0.1, 0.15) is 12.4 Å². The Kier molecular flexibility index (Phi) is 5.15. The van der Waals surface area contributed by atoms with Crippen molar-refractivity contribution in [3.63, 3.8) is 0 Å². The van der Waals surface area contributed by atoms with Gasteiger partial charge >= 0.3 is 0 Å². The third kappa shape index (κ3) is 3.94. The Morgan fingerprint density at radius 2 is 2.38 bits per heavy atom. The molecule has 1 atom stereocenters. The molecule has 0 bridgehead atoms. The second-order valence-corrected chi connectivity index (χ2v) is 6.04. The minimum absolute atomic E-state index is 0.119. The molecule has 1 N–H and O–H groups in total. The summed E-state index contributed by atoms with van der Waals surface area (Å²) in [5.74, 6) is 0.682. The smallest absolute Gasteiger partial charge is 0.255 e. The van der Waals surface area contributed by atoms with Gasteiger partial charge in [0.2, 0.25) is 0 Å². The number of ether oxygens (including phenoxy) is 2. The van der Waals surface area contributed by atoms with Gasteiger partial charge in [-0.15, -0.1) is 0 Å². The van der Waals surface area contributed by atoms with E-state index in [1.54, 1.807) is 10.9 Å². The van der Waals surface area contributed by atoms with Gasteiger partial charge in [-0.2, -0.15) is 5.10 Å². The van der Waals surface area contributed by atoms with E-state index in [2.05, 4.69) is 10.4 Å². The molecule has 0 spiro atoms. The normalized spacial score (nSPS) is 17.0. The van der Waals surface area contributed by atoms with Crippen LogP contribution in [-0.2, 0) is 18.3 Å². The van der Waals surface area contributed by atoms with Gasteiger partial charge in [-0.1, -0.05) is 12.1 Å². The molecule has 6 nitrogen and oxygen atoms in total. The monoisotopic (exact) mass is 329 g/mol. The summed E-state index contributed by atoms with van der Waals surface area (Å²) in [6.07, 6.45) is 3.95. The third-order valence-electron chi connectivity index (χ3n) is 4.29. The number of benzene rings is 1. The maximum atomic E-state index is 12.2. The van der Waals surface area contributed by atoms with Gasteiger partial charge < -0.3 is 14.8 Å². The summed E-state index contributed by atoms with van der Waals surface area (Å²) in [5.41, 5.74) is 2.44. The van der Waals surface area contributed by atoms with Crippen LogP contribution in [-0.4, -0.2) is 35.0 Å². The molecule has 24 heavy (non-hydrogen) atoms. The predicted octanol–water partition coefficient (Wildman–Crippen LogP) is 2.22. The molecule has 1 unspecified atom stereocenters. The van der Waals surface area contributed by atoms with Crippen molar-refractivity contribution in [1.29, 1.82) is 0 Å². The summed E-state index contributed by atoms with van der Waals surface area (Å²) in [4.78, 5) is 12.2. The number of hydrogen-bond donors (Lipinski definition) is 1. The first-order valence-corrected chi connectivity index (χ1v) is 8.23. The van der Waals surface area contributed by atoms with Crippen LogP contribution in [0.5, 0.6) is 5.75 Å². The van der Waals surface area contributed by atoms with Crippen molar-refractivity contribution in [1.82, 2.24) is 15.1 Å². The quantitative estimate of drug-likeness (QED) is 0.882. The molecule has 1 fully saturated rings. The lowest BCUT2D eigenvalue weighted by Crippen LogP contribution is -2.23. The summed E-state index contributed by atoms with van der Waals surface area (Å²) in [7, 11) is 1.82. The summed E-state index contributed by atoms with van der Waals surface area (Å²) in [6, 6.07) is 7.77. The number of carbonyl (C=O) groups is 1. The van der Waals surface area contributed by atoms with E-state index in [-0.39, 0.29) is 12.0 Å². The maximum Gasteiger partial charge on any atom is 0.255 e.